The molecule has 0 saturated heterocycles. The fraction of sp³-hybridized carbons (Fsp3) is 0.250. The molecule has 1 aromatic carbocycles. The van der Waals surface area contributed by atoms with Gasteiger partial charge in [0.15, 0.2) is 11.5 Å². The lowest BCUT2D eigenvalue weighted by Crippen LogP contribution is -1.92. The van der Waals surface area contributed by atoms with E-state index in [2.05, 4.69) is 9.26 Å². The molecule has 4 N–H and O–H groups in total. The number of phosphoric ester groups is 1. The van der Waals surface area contributed by atoms with E-state index in [1.165, 1.54) is 19.2 Å². The van der Waals surface area contributed by atoms with Crippen molar-refractivity contribution >= 4 is 7.82 Å². The number of methoxy groups -OCH3 is 1. The molecule has 0 amide bonds. The Morgan fingerprint density at radius 2 is 1.75 bits per heavy atom. The maximum Gasteiger partial charge on any atom is 0.469 e. The third kappa shape index (κ3) is 3.39. The topological polar surface area (TPSA) is 116 Å². The highest BCUT2D eigenvalue weighted by atomic mass is 31.2. The fourth-order valence-corrected chi connectivity index (χ4v) is 1.42. The molecule has 0 aromatic heterocycles. The van der Waals surface area contributed by atoms with E-state index < -0.39 is 14.4 Å². The molecule has 16 heavy (non-hydrogen) atoms. The lowest BCUT2D eigenvalue weighted by molar-refractivity contribution is 0.188. The first kappa shape index (κ1) is 12.8. The van der Waals surface area contributed by atoms with E-state index in [0.29, 0.717) is 0 Å². The summed E-state index contributed by atoms with van der Waals surface area (Å²) in [5.74, 6) is -0.793. The predicted molar refractivity (Wildman–Crippen MR) is 53.2 cm³/mol. The van der Waals surface area contributed by atoms with Crippen LogP contribution in [0.25, 0.3) is 0 Å². The van der Waals surface area contributed by atoms with Crippen molar-refractivity contribution in [2.24, 2.45) is 0 Å². The summed E-state index contributed by atoms with van der Waals surface area (Å²) in [5.41, 5.74) is 0.208. The van der Waals surface area contributed by atoms with Crippen molar-refractivity contribution in [1.29, 1.82) is 0 Å². The minimum Gasteiger partial charge on any atom is -0.504 e. The van der Waals surface area contributed by atoms with Crippen LogP contribution in [-0.4, -0.2) is 27.1 Å². The van der Waals surface area contributed by atoms with E-state index in [4.69, 9.17) is 9.79 Å². The second-order valence-corrected chi connectivity index (χ2v) is 4.17. The molecule has 90 valence electrons. The normalized spacial score (nSPS) is 11.4. The average Bonchev–Trinajstić information content (AvgIpc) is 2.13. The van der Waals surface area contributed by atoms with E-state index in [0.717, 1.165) is 0 Å². The van der Waals surface area contributed by atoms with Crippen molar-refractivity contribution in [3.05, 3.63) is 17.7 Å². The minimum atomic E-state index is -4.57. The van der Waals surface area contributed by atoms with Crippen LogP contribution in [0.1, 0.15) is 5.56 Å². The molecular weight excluding hydrogens is 239 g/mol. The first-order valence-electron chi connectivity index (χ1n) is 4.12. The summed E-state index contributed by atoms with van der Waals surface area (Å²) >= 11 is 0. The third-order valence-corrected chi connectivity index (χ3v) is 2.18. The molecule has 0 bridgehead atoms. The van der Waals surface area contributed by atoms with Gasteiger partial charge in [-0.05, 0) is 17.7 Å². The lowest BCUT2D eigenvalue weighted by Gasteiger charge is -2.09. The number of benzene rings is 1. The highest BCUT2D eigenvalue weighted by molar-refractivity contribution is 7.46. The second-order valence-electron chi connectivity index (χ2n) is 2.93. The van der Waals surface area contributed by atoms with Gasteiger partial charge in [-0.2, -0.15) is 0 Å². The van der Waals surface area contributed by atoms with Crippen molar-refractivity contribution in [2.75, 3.05) is 7.11 Å². The van der Waals surface area contributed by atoms with Gasteiger partial charge in [0.2, 0.25) is 5.75 Å². The number of phenols is 2. The molecule has 0 radical (unpaired) electrons. The highest BCUT2D eigenvalue weighted by Crippen LogP contribution is 2.40. The Kier molecular flexibility index (Phi) is 3.77. The summed E-state index contributed by atoms with van der Waals surface area (Å²) in [6.07, 6.45) is 0. The summed E-state index contributed by atoms with van der Waals surface area (Å²) in [5, 5.41) is 18.7. The van der Waals surface area contributed by atoms with Crippen LogP contribution in [-0.2, 0) is 15.7 Å². The number of ether oxygens (including phenoxy) is 1. The van der Waals surface area contributed by atoms with E-state index >= 15 is 0 Å². The molecule has 8 heteroatoms. The number of hydrogen-bond donors (Lipinski definition) is 4. The Morgan fingerprint density at radius 1 is 1.25 bits per heavy atom. The summed E-state index contributed by atoms with van der Waals surface area (Å²) in [6.45, 7) is -0.435. The van der Waals surface area contributed by atoms with Crippen LogP contribution in [0.4, 0.5) is 0 Å². The predicted octanol–water partition coefficient (Wildman–Crippen LogP) is 0.716. The van der Waals surface area contributed by atoms with Gasteiger partial charge in [0, 0.05) is 0 Å². The SMILES string of the molecule is COc1c(O)cc(COP(=O)(O)O)cc1O. The molecule has 0 heterocycles. The van der Waals surface area contributed by atoms with Crippen molar-refractivity contribution < 1.29 is 33.8 Å². The molecule has 1 rings (SSSR count). The Bertz CT molecular complexity index is 401. The summed E-state index contributed by atoms with van der Waals surface area (Å²) in [6, 6.07) is 2.35. The molecule has 0 spiro atoms. The zero-order valence-electron chi connectivity index (χ0n) is 8.32. The second kappa shape index (κ2) is 4.71. The van der Waals surface area contributed by atoms with Crippen molar-refractivity contribution in [2.45, 2.75) is 6.61 Å². The smallest absolute Gasteiger partial charge is 0.469 e. The van der Waals surface area contributed by atoms with Crippen LogP contribution in [0.3, 0.4) is 0 Å². The first-order valence-corrected chi connectivity index (χ1v) is 5.65. The fourth-order valence-electron chi connectivity index (χ4n) is 1.11. The maximum atomic E-state index is 10.4. The molecule has 7 nitrogen and oxygen atoms in total. The molecular formula is C8H11O7P. The molecule has 0 atom stereocenters. The van der Waals surface area contributed by atoms with E-state index in [1.807, 2.05) is 0 Å². The van der Waals surface area contributed by atoms with Crippen LogP contribution in [0, 0.1) is 0 Å². The number of phosphoric acid groups is 1. The average molecular weight is 250 g/mol. The van der Waals surface area contributed by atoms with Gasteiger partial charge in [-0.1, -0.05) is 0 Å². The maximum absolute atomic E-state index is 10.4. The first-order chi connectivity index (χ1) is 7.33. The van der Waals surface area contributed by atoms with Gasteiger partial charge in [-0.25, -0.2) is 4.57 Å². The summed E-state index contributed by atoms with van der Waals surface area (Å²) in [7, 11) is -3.31. The molecule has 1 aromatic rings. The van der Waals surface area contributed by atoms with Crippen LogP contribution in [0.5, 0.6) is 17.2 Å². The van der Waals surface area contributed by atoms with Gasteiger partial charge < -0.3 is 24.7 Å². The molecule has 0 aliphatic carbocycles. The van der Waals surface area contributed by atoms with Crippen LogP contribution in [0.2, 0.25) is 0 Å². The monoisotopic (exact) mass is 250 g/mol. The quantitative estimate of drug-likeness (QED) is 0.581. The Morgan fingerprint density at radius 3 is 2.12 bits per heavy atom. The number of hydrogen-bond acceptors (Lipinski definition) is 5. The summed E-state index contributed by atoms with van der Waals surface area (Å²) < 4.78 is 19.3. The van der Waals surface area contributed by atoms with Gasteiger partial charge >= 0.3 is 7.82 Å². The van der Waals surface area contributed by atoms with Crippen LogP contribution < -0.4 is 4.74 Å². The molecule has 0 aliphatic heterocycles. The standard InChI is InChI=1S/C8H11O7P/c1-14-8-6(9)2-5(3-7(8)10)4-15-16(11,12)13/h2-3,9-10H,4H2,1H3,(H2,11,12,13). The molecule has 0 unspecified atom stereocenters. The van der Waals surface area contributed by atoms with Crippen molar-refractivity contribution in [3.8, 4) is 17.2 Å². The Balaban J connectivity index is 2.88. The Hall–Kier alpha value is -1.27. The van der Waals surface area contributed by atoms with Crippen molar-refractivity contribution in [3.63, 3.8) is 0 Å². The molecule has 0 saturated carbocycles. The number of rotatable bonds is 4. The number of aromatic hydroxyl groups is 2. The van der Waals surface area contributed by atoms with Gasteiger partial charge in [0.1, 0.15) is 0 Å². The third-order valence-electron chi connectivity index (χ3n) is 1.71. The van der Waals surface area contributed by atoms with E-state index in [-0.39, 0.29) is 22.8 Å². The zero-order valence-corrected chi connectivity index (χ0v) is 9.22. The van der Waals surface area contributed by atoms with Gasteiger partial charge in [-0.15, -0.1) is 0 Å². The van der Waals surface area contributed by atoms with E-state index in [9.17, 15) is 14.8 Å². The lowest BCUT2D eigenvalue weighted by atomic mass is 10.2. The van der Waals surface area contributed by atoms with E-state index in [1.54, 1.807) is 0 Å². The highest BCUT2D eigenvalue weighted by Gasteiger charge is 2.16. The van der Waals surface area contributed by atoms with Crippen LogP contribution in [0.15, 0.2) is 12.1 Å². The summed E-state index contributed by atoms with van der Waals surface area (Å²) in [4.78, 5) is 16.9. The molecule has 0 fully saturated rings. The van der Waals surface area contributed by atoms with Gasteiger partial charge in [0.25, 0.3) is 0 Å². The van der Waals surface area contributed by atoms with Crippen LogP contribution >= 0.6 is 7.82 Å². The Labute approximate surface area is 91.1 Å². The van der Waals surface area contributed by atoms with Gasteiger partial charge in [0.05, 0.1) is 13.7 Å². The van der Waals surface area contributed by atoms with Crippen molar-refractivity contribution in [1.82, 2.24) is 0 Å². The van der Waals surface area contributed by atoms with Gasteiger partial charge in [-0.3, -0.25) is 4.52 Å². The largest absolute Gasteiger partial charge is 0.504 e. The molecule has 0 aliphatic rings. The minimum absolute atomic E-state index is 0.111. The number of phenolic OH excluding ortho intramolecular Hbond substituents is 2. The zero-order chi connectivity index (χ0) is 12.3.